The lowest BCUT2D eigenvalue weighted by Gasteiger charge is -2.33. The molecule has 39 heavy (non-hydrogen) atoms. The number of rotatable bonds is 5. The molecule has 3 aromatic carbocycles. The first kappa shape index (κ1) is 25.2. The summed E-state index contributed by atoms with van der Waals surface area (Å²) in [5.41, 5.74) is 3.78. The minimum absolute atomic E-state index is 0.172. The molecule has 0 unspecified atom stereocenters. The maximum Gasteiger partial charge on any atom is 0.240 e. The van der Waals surface area contributed by atoms with Crippen LogP contribution >= 0.6 is 15.9 Å². The van der Waals surface area contributed by atoms with Crippen molar-refractivity contribution >= 4 is 45.0 Å². The van der Waals surface area contributed by atoms with E-state index in [0.29, 0.717) is 22.4 Å². The van der Waals surface area contributed by atoms with E-state index in [2.05, 4.69) is 15.9 Å². The number of carbonyl (C=O) groups is 4. The van der Waals surface area contributed by atoms with Crippen molar-refractivity contribution in [1.82, 2.24) is 4.90 Å². The third kappa shape index (κ3) is 4.08. The molecule has 0 radical (unpaired) electrons. The van der Waals surface area contributed by atoms with Crippen molar-refractivity contribution in [3.05, 3.63) is 123 Å². The molecule has 3 aliphatic rings. The average molecular weight is 581 g/mol. The first-order valence-electron chi connectivity index (χ1n) is 12.8. The number of fused-ring (bicyclic) bond motifs is 3. The Kier molecular flexibility index (Phi) is 6.19. The molecule has 3 aliphatic heterocycles. The molecule has 6 nitrogen and oxygen atoms in total. The van der Waals surface area contributed by atoms with Crippen molar-refractivity contribution in [3.63, 3.8) is 0 Å². The third-order valence-electron chi connectivity index (χ3n) is 7.84. The SMILES string of the molecule is Cc1ccc(N2C(=O)[C@@H]3[C@H](C2=O)[C@H](C(=O)c2ccc(Br)cc2)N2C=CC(C(=O)c4ccccc4)=C[C@H]32)c(C)c1. The van der Waals surface area contributed by atoms with Crippen LogP contribution in [-0.2, 0) is 9.59 Å². The van der Waals surface area contributed by atoms with E-state index in [1.54, 1.807) is 77.8 Å². The fraction of sp³-hybridized carbons (Fsp3) is 0.188. The summed E-state index contributed by atoms with van der Waals surface area (Å²) < 4.78 is 0.833. The highest BCUT2D eigenvalue weighted by atomic mass is 79.9. The highest BCUT2D eigenvalue weighted by Gasteiger charge is 2.63. The first-order valence-corrected chi connectivity index (χ1v) is 13.6. The molecule has 3 heterocycles. The third-order valence-corrected chi connectivity index (χ3v) is 8.37. The molecule has 0 saturated carbocycles. The second kappa shape index (κ2) is 9.58. The van der Waals surface area contributed by atoms with Gasteiger partial charge in [0.15, 0.2) is 11.6 Å². The summed E-state index contributed by atoms with van der Waals surface area (Å²) in [4.78, 5) is 58.3. The second-order valence-corrected chi connectivity index (χ2v) is 11.2. The van der Waals surface area contributed by atoms with Gasteiger partial charge in [0.1, 0.15) is 6.04 Å². The average Bonchev–Trinajstić information content (AvgIpc) is 3.40. The van der Waals surface area contributed by atoms with Crippen molar-refractivity contribution in [2.24, 2.45) is 11.8 Å². The maximum absolute atomic E-state index is 14.0. The van der Waals surface area contributed by atoms with Crippen LogP contribution < -0.4 is 4.90 Å². The van der Waals surface area contributed by atoms with E-state index in [1.807, 2.05) is 32.0 Å². The molecule has 2 fully saturated rings. The summed E-state index contributed by atoms with van der Waals surface area (Å²) in [6.45, 7) is 3.82. The number of halogens is 1. The Balaban J connectivity index is 1.44. The summed E-state index contributed by atoms with van der Waals surface area (Å²) in [5, 5.41) is 0. The van der Waals surface area contributed by atoms with Crippen LogP contribution in [0.25, 0.3) is 0 Å². The Morgan fingerprint density at radius 3 is 2.21 bits per heavy atom. The van der Waals surface area contributed by atoms with Crippen LogP contribution in [0.5, 0.6) is 0 Å². The molecule has 0 spiro atoms. The van der Waals surface area contributed by atoms with Gasteiger partial charge < -0.3 is 4.90 Å². The maximum atomic E-state index is 14.0. The number of ketones is 2. The second-order valence-electron chi connectivity index (χ2n) is 10.2. The lowest BCUT2D eigenvalue weighted by atomic mass is 9.85. The number of amides is 2. The molecule has 2 amide bonds. The number of nitrogens with zero attached hydrogens (tertiary/aromatic N) is 2. The predicted octanol–water partition coefficient (Wildman–Crippen LogP) is 5.44. The van der Waals surface area contributed by atoms with Gasteiger partial charge in [-0.25, -0.2) is 4.90 Å². The molecule has 4 atom stereocenters. The molecule has 0 aromatic heterocycles. The number of hydrogen-bond donors (Lipinski definition) is 0. The summed E-state index contributed by atoms with van der Waals surface area (Å²) in [6.07, 6.45) is 5.12. The van der Waals surface area contributed by atoms with Crippen LogP contribution in [0.15, 0.2) is 101 Å². The van der Waals surface area contributed by atoms with Crippen LogP contribution in [0.3, 0.4) is 0 Å². The Morgan fingerprint density at radius 1 is 0.821 bits per heavy atom. The lowest BCUT2D eigenvalue weighted by molar-refractivity contribution is -0.123. The van der Waals surface area contributed by atoms with Gasteiger partial charge in [0, 0.05) is 27.4 Å². The van der Waals surface area contributed by atoms with Crippen molar-refractivity contribution < 1.29 is 19.2 Å². The zero-order valence-electron chi connectivity index (χ0n) is 21.4. The van der Waals surface area contributed by atoms with Crippen molar-refractivity contribution in [2.45, 2.75) is 25.9 Å². The minimum Gasteiger partial charge on any atom is -0.359 e. The molecule has 2 saturated heterocycles. The monoisotopic (exact) mass is 580 g/mol. The zero-order valence-corrected chi connectivity index (χ0v) is 23.0. The van der Waals surface area contributed by atoms with Crippen LogP contribution in [-0.4, -0.2) is 40.4 Å². The first-order chi connectivity index (χ1) is 18.8. The van der Waals surface area contributed by atoms with Crippen LogP contribution in [0.2, 0.25) is 0 Å². The number of allylic oxidation sites excluding steroid dienone is 2. The van der Waals surface area contributed by atoms with E-state index in [4.69, 9.17) is 0 Å². The van der Waals surface area contributed by atoms with Gasteiger partial charge in [0.25, 0.3) is 0 Å². The zero-order chi connectivity index (χ0) is 27.4. The summed E-state index contributed by atoms with van der Waals surface area (Å²) >= 11 is 3.40. The molecule has 6 rings (SSSR count). The van der Waals surface area contributed by atoms with E-state index in [9.17, 15) is 19.2 Å². The summed E-state index contributed by atoms with van der Waals surface area (Å²) in [5.74, 6) is -2.83. The number of aryl methyl sites for hydroxylation is 2. The summed E-state index contributed by atoms with van der Waals surface area (Å²) in [6, 6.07) is 20.0. The van der Waals surface area contributed by atoms with Gasteiger partial charge in [-0.3, -0.25) is 19.2 Å². The van der Waals surface area contributed by atoms with Gasteiger partial charge in [-0.2, -0.15) is 0 Å². The molecule has 0 aliphatic carbocycles. The smallest absolute Gasteiger partial charge is 0.240 e. The largest absolute Gasteiger partial charge is 0.359 e. The molecular weight excluding hydrogens is 556 g/mol. The number of Topliss-reactive ketones (excluding diaryl/α,β-unsaturated/α-hetero) is 2. The van der Waals surface area contributed by atoms with Gasteiger partial charge in [0.05, 0.1) is 23.6 Å². The van der Waals surface area contributed by atoms with E-state index in [-0.39, 0.29) is 23.4 Å². The van der Waals surface area contributed by atoms with Crippen molar-refractivity contribution in [2.75, 3.05) is 4.90 Å². The normalized spacial score (nSPS) is 23.5. The predicted molar refractivity (Wildman–Crippen MR) is 151 cm³/mol. The van der Waals surface area contributed by atoms with Crippen LogP contribution in [0, 0.1) is 25.7 Å². The summed E-state index contributed by atoms with van der Waals surface area (Å²) in [7, 11) is 0. The van der Waals surface area contributed by atoms with Gasteiger partial charge in [-0.1, -0.05) is 82.2 Å². The highest BCUT2D eigenvalue weighted by Crippen LogP contribution is 2.47. The Labute approximate surface area is 234 Å². The van der Waals surface area contributed by atoms with Gasteiger partial charge >= 0.3 is 0 Å². The minimum atomic E-state index is -0.883. The highest BCUT2D eigenvalue weighted by molar-refractivity contribution is 9.10. The Morgan fingerprint density at radius 2 is 1.51 bits per heavy atom. The van der Waals surface area contributed by atoms with Gasteiger partial charge in [-0.05, 0) is 43.7 Å². The Hall–Kier alpha value is -4.10. The quantitative estimate of drug-likeness (QED) is 0.296. The molecule has 3 aromatic rings. The topological polar surface area (TPSA) is 74.8 Å². The molecule has 194 valence electrons. The molecule has 0 N–H and O–H groups in total. The van der Waals surface area contributed by atoms with Crippen molar-refractivity contribution in [1.29, 1.82) is 0 Å². The van der Waals surface area contributed by atoms with Gasteiger partial charge in [0.2, 0.25) is 11.8 Å². The number of carbonyl (C=O) groups excluding carboxylic acids is 4. The number of benzene rings is 3. The Bertz CT molecular complexity index is 1590. The molecular formula is C32H25BrN2O4. The fourth-order valence-corrected chi connectivity index (χ4v) is 6.30. The van der Waals surface area contributed by atoms with Crippen LogP contribution in [0.1, 0.15) is 31.8 Å². The van der Waals surface area contributed by atoms with E-state index >= 15 is 0 Å². The number of hydrogen-bond acceptors (Lipinski definition) is 5. The molecule has 7 heteroatoms. The van der Waals surface area contributed by atoms with E-state index in [1.165, 1.54) is 4.90 Å². The van der Waals surface area contributed by atoms with E-state index in [0.717, 1.165) is 15.6 Å². The van der Waals surface area contributed by atoms with Gasteiger partial charge in [-0.15, -0.1) is 0 Å². The van der Waals surface area contributed by atoms with Crippen LogP contribution in [0.4, 0.5) is 5.69 Å². The number of imide groups is 1. The molecule has 0 bridgehead atoms. The van der Waals surface area contributed by atoms with Crippen molar-refractivity contribution in [3.8, 4) is 0 Å². The lowest BCUT2D eigenvalue weighted by Crippen LogP contribution is -2.46. The fourth-order valence-electron chi connectivity index (χ4n) is 6.03. The number of anilines is 1. The standard InChI is InChI=1S/C32H25BrN2O4/c1-18-8-13-24(19(2)16-18)35-31(38)26-25-17-22(29(36)20-6-4-3-5-7-20)14-15-34(25)28(27(26)32(35)39)30(37)21-9-11-23(33)12-10-21/h3-17,25-28H,1-2H3/t25-,26+,27+,28-/m1/s1. The van der Waals surface area contributed by atoms with E-state index < -0.39 is 23.9 Å².